The van der Waals surface area contributed by atoms with Gasteiger partial charge in [-0.2, -0.15) is 4.58 Å². The lowest BCUT2D eigenvalue weighted by molar-refractivity contribution is -0.438. The number of hydrogen-bond acceptors (Lipinski definition) is 8. The maximum Gasteiger partial charge on any atom is 0.312 e. The minimum Gasteiger partial charge on any atom is -0.506 e. The monoisotopic (exact) mass is 773 g/mol. The number of aryl methyl sites for hydroxylation is 1. The van der Waals surface area contributed by atoms with Crippen LogP contribution in [-0.4, -0.2) is 72.6 Å². The minimum absolute atomic E-state index is 0.0409. The Balaban J connectivity index is 1.25. The third kappa shape index (κ3) is 12.0. The highest BCUT2D eigenvalue weighted by atomic mass is 16.6. The minimum atomic E-state index is -0.293. The molecular formula is C48H57N2O7+. The van der Waals surface area contributed by atoms with E-state index in [0.29, 0.717) is 44.0 Å². The topological polar surface area (TPSA) is 105 Å². The summed E-state index contributed by atoms with van der Waals surface area (Å²) in [4.78, 5) is 40.8. The molecule has 0 radical (unpaired) electrons. The zero-order chi connectivity index (χ0) is 40.4. The number of allylic oxidation sites excluding steroid dienone is 7. The van der Waals surface area contributed by atoms with Crippen LogP contribution >= 0.6 is 0 Å². The van der Waals surface area contributed by atoms with E-state index in [1.54, 1.807) is 0 Å². The highest BCUT2D eigenvalue weighted by Crippen LogP contribution is 2.41. The van der Waals surface area contributed by atoms with E-state index in [-0.39, 0.29) is 54.1 Å². The predicted molar refractivity (Wildman–Crippen MR) is 226 cm³/mol. The number of benzene rings is 3. The fourth-order valence-electron chi connectivity index (χ4n) is 6.92. The molecule has 300 valence electrons. The summed E-state index contributed by atoms with van der Waals surface area (Å²) in [5.41, 5.74) is 6.18. The molecule has 0 unspecified atom stereocenters. The summed E-state index contributed by atoms with van der Waals surface area (Å²) in [7, 11) is 0. The number of para-hydroxylation sites is 2. The number of aliphatic hydroxyl groups excluding tert-OH is 1. The average molecular weight is 774 g/mol. The molecule has 2 aliphatic carbocycles. The van der Waals surface area contributed by atoms with E-state index in [1.165, 1.54) is 25.7 Å². The molecule has 9 heteroatoms. The summed E-state index contributed by atoms with van der Waals surface area (Å²) in [5, 5.41) is 11.3. The summed E-state index contributed by atoms with van der Waals surface area (Å²) in [6.45, 7) is 8.61. The number of aliphatic hydroxyl groups is 1. The number of rotatable bonds is 22. The van der Waals surface area contributed by atoms with Crippen molar-refractivity contribution in [2.75, 3.05) is 44.4 Å². The van der Waals surface area contributed by atoms with Crippen LogP contribution in [0.3, 0.4) is 0 Å². The number of ether oxygens (including phenoxy) is 3. The van der Waals surface area contributed by atoms with Crippen molar-refractivity contribution in [1.82, 2.24) is 0 Å². The summed E-state index contributed by atoms with van der Waals surface area (Å²) in [5.74, 6) is -0.813. The van der Waals surface area contributed by atoms with Crippen molar-refractivity contribution in [3.8, 4) is 0 Å². The summed E-state index contributed by atoms with van der Waals surface area (Å²) < 4.78 is 18.5. The molecule has 0 heterocycles. The number of nitrogens with zero attached hydrogens (tertiary/aromatic N) is 2. The molecule has 2 aliphatic rings. The molecule has 1 N–H and O–H groups in total. The van der Waals surface area contributed by atoms with E-state index in [4.69, 9.17) is 14.2 Å². The SMILES string of the molecule is CCCCCCCCOCCOC(=O)CCN(c1ccccc1)c1ccc(C2=C(O)C(=C3C=CC(=[N+](CCC(=O)OCCC)c4ccccc4)C=C3)C2=O)c(C)c1. The van der Waals surface area contributed by atoms with E-state index in [2.05, 4.69) is 11.8 Å². The third-order valence-electron chi connectivity index (χ3n) is 10.0. The smallest absolute Gasteiger partial charge is 0.312 e. The maximum atomic E-state index is 13.7. The van der Waals surface area contributed by atoms with Crippen molar-refractivity contribution >= 4 is 46.1 Å². The van der Waals surface area contributed by atoms with Gasteiger partial charge in [-0.3, -0.25) is 14.4 Å². The number of carbonyl (C=O) groups is 3. The first-order valence-electron chi connectivity index (χ1n) is 20.4. The Kier molecular flexibility index (Phi) is 16.6. The van der Waals surface area contributed by atoms with Gasteiger partial charge in [0.05, 0.1) is 30.8 Å². The van der Waals surface area contributed by atoms with Gasteiger partial charge < -0.3 is 24.2 Å². The molecule has 0 aliphatic heterocycles. The van der Waals surface area contributed by atoms with Crippen LogP contribution in [0, 0.1) is 6.92 Å². The summed E-state index contributed by atoms with van der Waals surface area (Å²) in [6, 6.07) is 25.3. The van der Waals surface area contributed by atoms with Crippen LogP contribution in [-0.2, 0) is 28.6 Å². The number of anilines is 2. The predicted octanol–water partition coefficient (Wildman–Crippen LogP) is 9.85. The van der Waals surface area contributed by atoms with Gasteiger partial charge in [0.15, 0.2) is 6.54 Å². The molecule has 0 aromatic heterocycles. The Morgan fingerprint density at radius 2 is 1.35 bits per heavy atom. The molecule has 0 atom stereocenters. The van der Waals surface area contributed by atoms with Crippen LogP contribution in [0.1, 0.15) is 82.8 Å². The van der Waals surface area contributed by atoms with E-state index in [9.17, 15) is 19.5 Å². The Hall–Kier alpha value is -5.54. The number of carbonyl (C=O) groups excluding carboxylic acids is 3. The first-order chi connectivity index (χ1) is 27.8. The fourth-order valence-corrected chi connectivity index (χ4v) is 6.92. The second kappa shape index (κ2) is 22.3. The second-order valence-corrected chi connectivity index (χ2v) is 14.3. The number of Topliss-reactive ketones (excluding diaryl/α,β-unsaturated/α-hetero) is 1. The van der Waals surface area contributed by atoms with E-state index in [1.807, 2.05) is 122 Å². The average Bonchev–Trinajstić information content (AvgIpc) is 3.23. The van der Waals surface area contributed by atoms with Crippen molar-refractivity contribution in [3.05, 3.63) is 131 Å². The lowest BCUT2D eigenvalue weighted by atomic mass is 9.79. The van der Waals surface area contributed by atoms with Crippen LogP contribution in [0.4, 0.5) is 17.1 Å². The van der Waals surface area contributed by atoms with Gasteiger partial charge in [-0.05, 0) is 72.9 Å². The molecule has 0 amide bonds. The molecule has 5 rings (SSSR count). The lowest BCUT2D eigenvalue weighted by Gasteiger charge is -2.28. The molecule has 3 aromatic carbocycles. The Bertz CT molecular complexity index is 1970. The molecule has 0 saturated heterocycles. The molecule has 57 heavy (non-hydrogen) atoms. The van der Waals surface area contributed by atoms with Gasteiger partial charge in [0, 0.05) is 48.8 Å². The molecule has 0 fully saturated rings. The highest BCUT2D eigenvalue weighted by Gasteiger charge is 2.37. The number of ketones is 1. The van der Waals surface area contributed by atoms with Crippen molar-refractivity contribution in [2.45, 2.75) is 78.6 Å². The van der Waals surface area contributed by atoms with Gasteiger partial charge in [-0.1, -0.05) is 88.4 Å². The molecule has 0 bridgehead atoms. The summed E-state index contributed by atoms with van der Waals surface area (Å²) in [6.07, 6.45) is 15.8. The van der Waals surface area contributed by atoms with Gasteiger partial charge in [0.25, 0.3) is 0 Å². The van der Waals surface area contributed by atoms with Gasteiger partial charge >= 0.3 is 11.9 Å². The van der Waals surface area contributed by atoms with Crippen LogP contribution in [0.15, 0.2) is 120 Å². The number of unbranched alkanes of at least 4 members (excludes halogenated alkanes) is 5. The quantitative estimate of drug-likeness (QED) is 0.0466. The van der Waals surface area contributed by atoms with Crippen molar-refractivity contribution < 1.29 is 38.3 Å². The van der Waals surface area contributed by atoms with Crippen LogP contribution in [0.5, 0.6) is 0 Å². The molecule has 9 nitrogen and oxygen atoms in total. The Morgan fingerprint density at radius 3 is 2.04 bits per heavy atom. The lowest BCUT2D eigenvalue weighted by Crippen LogP contribution is -2.25. The van der Waals surface area contributed by atoms with Gasteiger partial charge in [0.2, 0.25) is 17.2 Å². The highest BCUT2D eigenvalue weighted by molar-refractivity contribution is 6.39. The maximum absolute atomic E-state index is 13.7. The van der Waals surface area contributed by atoms with Crippen molar-refractivity contribution in [1.29, 1.82) is 0 Å². The zero-order valence-electron chi connectivity index (χ0n) is 33.7. The Morgan fingerprint density at radius 1 is 0.684 bits per heavy atom. The number of esters is 2. The van der Waals surface area contributed by atoms with Gasteiger partial charge in [-0.25, -0.2) is 0 Å². The largest absolute Gasteiger partial charge is 0.506 e. The molecule has 0 spiro atoms. The fraction of sp³-hybridized carbons (Fsp3) is 0.375. The van der Waals surface area contributed by atoms with Crippen LogP contribution < -0.4 is 4.90 Å². The van der Waals surface area contributed by atoms with Crippen molar-refractivity contribution in [3.63, 3.8) is 0 Å². The van der Waals surface area contributed by atoms with Crippen LogP contribution in [0.2, 0.25) is 0 Å². The van der Waals surface area contributed by atoms with Gasteiger partial charge in [-0.15, -0.1) is 0 Å². The molecular weight excluding hydrogens is 717 g/mol. The van der Waals surface area contributed by atoms with Gasteiger partial charge in [0.1, 0.15) is 18.8 Å². The standard InChI is InChI=1S/C48H56N2O7/c1-4-6-7-8-9-16-32-55-33-34-57-44(52)28-30-50(39-19-14-11-15-20-39)41-25-26-42(36(3)35-41)46-47(53)45(48(46)54)37-21-23-40(24-22-37)49(38-17-12-10-13-18-38)29-27-43(51)56-31-5-2/h10-15,17-26,35H,4-9,16,27-34H2,1-3H3/p+1. The molecule has 3 aromatic rings. The van der Waals surface area contributed by atoms with Crippen molar-refractivity contribution in [2.24, 2.45) is 0 Å². The third-order valence-corrected chi connectivity index (χ3v) is 10.0. The van der Waals surface area contributed by atoms with E-state index < -0.39 is 0 Å². The first-order valence-corrected chi connectivity index (χ1v) is 20.4. The number of hydrogen-bond donors (Lipinski definition) is 1. The molecule has 0 saturated carbocycles. The van der Waals surface area contributed by atoms with Crippen LogP contribution in [0.25, 0.3) is 5.57 Å². The summed E-state index contributed by atoms with van der Waals surface area (Å²) >= 11 is 0. The Labute approximate surface area is 337 Å². The second-order valence-electron chi connectivity index (χ2n) is 14.3. The van der Waals surface area contributed by atoms with E-state index >= 15 is 0 Å². The zero-order valence-corrected chi connectivity index (χ0v) is 33.7. The van der Waals surface area contributed by atoms with E-state index in [0.717, 1.165) is 47.6 Å². The first kappa shape index (κ1) is 42.6. The normalized spacial score (nSPS) is 13.5.